The van der Waals surface area contributed by atoms with Crippen LogP contribution in [0.15, 0.2) is 35.5 Å². The van der Waals surface area contributed by atoms with E-state index >= 15 is 0 Å². The van der Waals surface area contributed by atoms with Gasteiger partial charge in [-0.2, -0.15) is 0 Å². The van der Waals surface area contributed by atoms with Crippen LogP contribution in [0.2, 0.25) is 0 Å². The second kappa shape index (κ2) is 7.38. The first-order chi connectivity index (χ1) is 13.9. The van der Waals surface area contributed by atoms with E-state index in [4.69, 9.17) is 0 Å². The van der Waals surface area contributed by atoms with Gasteiger partial charge < -0.3 is 15.2 Å². The topological polar surface area (TPSA) is 108 Å². The maximum absolute atomic E-state index is 13.2. The largest absolute Gasteiger partial charge is 0.350 e. The minimum Gasteiger partial charge on any atom is -0.350 e. The lowest BCUT2D eigenvalue weighted by molar-refractivity contribution is -0.133. The second-order valence-electron chi connectivity index (χ2n) is 7.62. The van der Waals surface area contributed by atoms with Gasteiger partial charge in [0.25, 0.3) is 11.5 Å². The van der Waals surface area contributed by atoms with Gasteiger partial charge in [-0.05, 0) is 37.8 Å². The number of H-pyrrole nitrogens is 1. The Morgan fingerprint density at radius 2 is 2.17 bits per heavy atom. The van der Waals surface area contributed by atoms with Crippen molar-refractivity contribution in [3.05, 3.63) is 58.3 Å². The molecular weight excluding hydrogens is 377 g/mol. The number of rotatable bonds is 5. The maximum atomic E-state index is 13.2. The van der Waals surface area contributed by atoms with Crippen LogP contribution in [0, 0.1) is 11.2 Å². The molecule has 2 aliphatic heterocycles. The van der Waals surface area contributed by atoms with Crippen molar-refractivity contribution in [3.63, 3.8) is 0 Å². The van der Waals surface area contributed by atoms with Crippen LogP contribution in [0.1, 0.15) is 48.8 Å². The van der Waals surface area contributed by atoms with Crippen LogP contribution < -0.4 is 10.9 Å². The lowest BCUT2D eigenvalue weighted by Crippen LogP contribution is -2.49. The average molecular weight is 399 g/mol. The van der Waals surface area contributed by atoms with Gasteiger partial charge in [-0.25, -0.2) is 14.4 Å². The van der Waals surface area contributed by atoms with Gasteiger partial charge in [0, 0.05) is 18.2 Å². The molecule has 2 aromatic heterocycles. The van der Waals surface area contributed by atoms with Crippen LogP contribution in [0.4, 0.5) is 4.39 Å². The number of fused-ring (bicyclic) bond motifs is 2. The highest BCUT2D eigenvalue weighted by molar-refractivity contribution is 5.95. The molecule has 2 aliphatic rings. The molecule has 8 nitrogen and oxygen atoms in total. The molecule has 0 unspecified atom stereocenters. The van der Waals surface area contributed by atoms with E-state index in [0.29, 0.717) is 18.5 Å². The quantitative estimate of drug-likeness (QED) is 0.790. The summed E-state index contributed by atoms with van der Waals surface area (Å²) in [4.78, 5) is 49.8. The molecule has 9 heteroatoms. The fourth-order valence-corrected chi connectivity index (χ4v) is 4.76. The highest BCUT2D eigenvalue weighted by atomic mass is 19.1. The van der Waals surface area contributed by atoms with E-state index in [0.717, 1.165) is 19.0 Å². The SMILES string of the molecule is CC[C@]1(C(=O)NCc2cc(=O)[nH]cn2)C[C@H]2CC[C@@H]1N2C(=O)c1ccc(F)cn1. The predicted octanol–water partition coefficient (Wildman–Crippen LogP) is 1.39. The number of halogens is 1. The Balaban J connectivity index is 1.53. The van der Waals surface area contributed by atoms with Crippen LogP contribution >= 0.6 is 0 Å². The third kappa shape index (κ3) is 3.30. The molecule has 0 saturated carbocycles. The summed E-state index contributed by atoms with van der Waals surface area (Å²) in [6.45, 7) is 2.10. The van der Waals surface area contributed by atoms with Gasteiger partial charge in [0.2, 0.25) is 5.91 Å². The standard InChI is InChI=1S/C20H22FN5O3/c1-2-20(19(29)23-10-13-7-17(27)25-11-24-13)8-14-4-6-16(20)26(14)18(28)15-5-3-12(21)9-22-15/h3,5,7,9,11,14,16H,2,4,6,8,10H2,1H3,(H,23,29)(H,24,25,27)/t14-,16+,20+/m1/s1. The fourth-order valence-electron chi connectivity index (χ4n) is 4.76. The molecule has 3 atom stereocenters. The van der Waals surface area contributed by atoms with Crippen molar-refractivity contribution in [2.24, 2.45) is 5.41 Å². The minimum absolute atomic E-state index is 0.0391. The molecule has 2 aromatic rings. The molecule has 2 bridgehead atoms. The third-order valence-corrected chi connectivity index (χ3v) is 6.17. The summed E-state index contributed by atoms with van der Waals surface area (Å²) in [5.41, 5.74) is -0.319. The minimum atomic E-state index is -0.695. The summed E-state index contributed by atoms with van der Waals surface area (Å²) < 4.78 is 13.2. The first-order valence-electron chi connectivity index (χ1n) is 9.71. The summed E-state index contributed by atoms with van der Waals surface area (Å²) in [5.74, 6) is -0.905. The summed E-state index contributed by atoms with van der Waals surface area (Å²) in [6, 6.07) is 3.66. The Hall–Kier alpha value is -3.10. The van der Waals surface area contributed by atoms with Crippen molar-refractivity contribution in [2.45, 2.75) is 51.2 Å². The van der Waals surface area contributed by atoms with E-state index in [-0.39, 0.29) is 41.7 Å². The van der Waals surface area contributed by atoms with E-state index < -0.39 is 11.2 Å². The summed E-state index contributed by atoms with van der Waals surface area (Å²) in [7, 11) is 0. The van der Waals surface area contributed by atoms with E-state index in [9.17, 15) is 18.8 Å². The Morgan fingerprint density at radius 1 is 1.34 bits per heavy atom. The van der Waals surface area contributed by atoms with Gasteiger partial charge in [0.15, 0.2) is 0 Å². The van der Waals surface area contributed by atoms with Crippen LogP contribution in [-0.2, 0) is 11.3 Å². The van der Waals surface area contributed by atoms with Crippen LogP contribution in [0.5, 0.6) is 0 Å². The number of carbonyl (C=O) groups is 2. The maximum Gasteiger partial charge on any atom is 0.272 e. The Morgan fingerprint density at radius 3 is 2.86 bits per heavy atom. The van der Waals surface area contributed by atoms with Gasteiger partial charge in [-0.1, -0.05) is 6.92 Å². The molecular formula is C20H22FN5O3. The van der Waals surface area contributed by atoms with E-state index in [2.05, 4.69) is 20.3 Å². The van der Waals surface area contributed by atoms with Crippen molar-refractivity contribution < 1.29 is 14.0 Å². The number of carbonyl (C=O) groups excluding carboxylic acids is 2. The van der Waals surface area contributed by atoms with Crippen LogP contribution in [0.25, 0.3) is 0 Å². The summed E-state index contributed by atoms with van der Waals surface area (Å²) in [6.07, 6.45) is 5.07. The molecule has 2 fully saturated rings. The van der Waals surface area contributed by atoms with Gasteiger partial charge in [-0.3, -0.25) is 14.4 Å². The number of hydrogen-bond acceptors (Lipinski definition) is 5. The van der Waals surface area contributed by atoms with Crippen molar-refractivity contribution in [1.82, 2.24) is 25.2 Å². The third-order valence-electron chi connectivity index (χ3n) is 6.17. The van der Waals surface area contributed by atoms with Crippen molar-refractivity contribution >= 4 is 11.8 Å². The Bertz CT molecular complexity index is 992. The lowest BCUT2D eigenvalue weighted by atomic mass is 9.71. The van der Waals surface area contributed by atoms with E-state index in [1.807, 2.05) is 6.92 Å². The zero-order chi connectivity index (χ0) is 20.6. The molecule has 0 aromatic carbocycles. The smallest absolute Gasteiger partial charge is 0.272 e. The Kier molecular flexibility index (Phi) is 4.89. The zero-order valence-electron chi connectivity index (χ0n) is 16.0. The van der Waals surface area contributed by atoms with Crippen molar-refractivity contribution in [1.29, 1.82) is 0 Å². The monoisotopic (exact) mass is 399 g/mol. The van der Waals surface area contributed by atoms with Gasteiger partial charge in [0.05, 0.1) is 30.2 Å². The molecule has 29 heavy (non-hydrogen) atoms. The van der Waals surface area contributed by atoms with E-state index in [1.165, 1.54) is 24.5 Å². The van der Waals surface area contributed by atoms with Gasteiger partial charge >= 0.3 is 0 Å². The normalized spacial score (nSPS) is 25.2. The number of pyridine rings is 1. The molecule has 152 valence electrons. The molecule has 4 rings (SSSR count). The summed E-state index contributed by atoms with van der Waals surface area (Å²) in [5, 5.41) is 2.89. The van der Waals surface area contributed by atoms with Crippen LogP contribution in [-0.4, -0.2) is 43.7 Å². The molecule has 0 aliphatic carbocycles. The number of amides is 2. The average Bonchev–Trinajstić information content (AvgIpc) is 3.28. The number of nitrogens with one attached hydrogen (secondary N) is 2. The molecule has 2 N–H and O–H groups in total. The van der Waals surface area contributed by atoms with Crippen LogP contribution in [0.3, 0.4) is 0 Å². The molecule has 0 radical (unpaired) electrons. The zero-order valence-corrected chi connectivity index (χ0v) is 16.0. The van der Waals surface area contributed by atoms with Gasteiger partial charge in [-0.15, -0.1) is 0 Å². The summed E-state index contributed by atoms with van der Waals surface area (Å²) >= 11 is 0. The highest BCUT2D eigenvalue weighted by Gasteiger charge is 2.60. The molecule has 0 spiro atoms. The molecule has 2 saturated heterocycles. The first-order valence-corrected chi connectivity index (χ1v) is 9.71. The van der Waals surface area contributed by atoms with E-state index in [1.54, 1.807) is 4.90 Å². The predicted molar refractivity (Wildman–Crippen MR) is 101 cm³/mol. The van der Waals surface area contributed by atoms with Crippen molar-refractivity contribution in [2.75, 3.05) is 0 Å². The number of aromatic amines is 1. The lowest BCUT2D eigenvalue weighted by Gasteiger charge is -2.35. The van der Waals surface area contributed by atoms with Crippen molar-refractivity contribution in [3.8, 4) is 0 Å². The molecule has 2 amide bonds. The second-order valence-corrected chi connectivity index (χ2v) is 7.62. The Labute approximate surface area is 166 Å². The van der Waals surface area contributed by atoms with Gasteiger partial charge in [0.1, 0.15) is 11.5 Å². The number of aromatic nitrogens is 3. The molecule has 4 heterocycles. The number of nitrogens with zero attached hydrogens (tertiary/aromatic N) is 3. The first kappa shape index (κ1) is 19.2. The number of hydrogen-bond donors (Lipinski definition) is 2. The highest BCUT2D eigenvalue weighted by Crippen LogP contribution is 2.52. The fraction of sp³-hybridized carbons (Fsp3) is 0.450.